The minimum Gasteiger partial charge on any atom is -0.493 e. The second-order valence-electron chi connectivity index (χ2n) is 8.45. The molecule has 0 saturated heterocycles. The summed E-state index contributed by atoms with van der Waals surface area (Å²) in [6.07, 6.45) is 5.29. The molecule has 2 rings (SSSR count). The van der Waals surface area contributed by atoms with Gasteiger partial charge in [0.15, 0.2) is 18.1 Å². The van der Waals surface area contributed by atoms with E-state index >= 15 is 0 Å². The van der Waals surface area contributed by atoms with Gasteiger partial charge >= 0.3 is 5.97 Å². The van der Waals surface area contributed by atoms with E-state index in [0.29, 0.717) is 28.6 Å². The maximum Gasteiger partial charge on any atom is 0.338 e. The second-order valence-corrected chi connectivity index (χ2v) is 8.45. The van der Waals surface area contributed by atoms with Crippen molar-refractivity contribution < 1.29 is 28.5 Å². The molecule has 0 unspecified atom stereocenters. The lowest BCUT2D eigenvalue weighted by Gasteiger charge is -2.39. The fourth-order valence-electron chi connectivity index (χ4n) is 3.99. The van der Waals surface area contributed by atoms with Crippen molar-refractivity contribution in [1.29, 1.82) is 0 Å². The first kappa shape index (κ1) is 23.8. The van der Waals surface area contributed by atoms with Crippen LogP contribution in [-0.2, 0) is 9.53 Å². The molecule has 0 aliphatic heterocycles. The number of methoxy groups -OCH3 is 3. The number of carbonyl (C=O) groups is 2. The van der Waals surface area contributed by atoms with E-state index in [4.69, 9.17) is 18.9 Å². The van der Waals surface area contributed by atoms with Gasteiger partial charge in [-0.3, -0.25) is 4.79 Å². The summed E-state index contributed by atoms with van der Waals surface area (Å²) in [7, 11) is 4.42. The van der Waals surface area contributed by atoms with Crippen LogP contribution in [0.3, 0.4) is 0 Å². The average Bonchev–Trinajstić information content (AvgIpc) is 2.76. The highest BCUT2D eigenvalue weighted by Crippen LogP contribution is 2.40. The van der Waals surface area contributed by atoms with E-state index < -0.39 is 5.97 Å². The summed E-state index contributed by atoms with van der Waals surface area (Å²) in [4.78, 5) is 24.7. The van der Waals surface area contributed by atoms with Gasteiger partial charge in [-0.15, -0.1) is 0 Å². The molecular weight excluding hydrogens is 386 g/mol. The summed E-state index contributed by atoms with van der Waals surface area (Å²) >= 11 is 0. The lowest BCUT2D eigenvalue weighted by Crippen LogP contribution is -2.41. The minimum absolute atomic E-state index is 0.140. The van der Waals surface area contributed by atoms with Crippen LogP contribution in [0.5, 0.6) is 17.2 Å². The molecule has 0 atom stereocenters. The van der Waals surface area contributed by atoms with E-state index in [1.165, 1.54) is 33.5 Å². The van der Waals surface area contributed by atoms with Gasteiger partial charge in [-0.1, -0.05) is 27.2 Å². The molecule has 0 heterocycles. The maximum absolute atomic E-state index is 12.4. The molecule has 0 radical (unpaired) electrons. The number of benzene rings is 1. The van der Waals surface area contributed by atoms with Crippen molar-refractivity contribution in [2.75, 3.05) is 27.9 Å². The van der Waals surface area contributed by atoms with Crippen molar-refractivity contribution >= 4 is 11.9 Å². The molecule has 1 aliphatic rings. The van der Waals surface area contributed by atoms with E-state index in [9.17, 15) is 9.59 Å². The first-order valence-electron chi connectivity index (χ1n) is 10.5. The van der Waals surface area contributed by atoms with Gasteiger partial charge in [-0.05, 0) is 49.1 Å². The Labute approximate surface area is 179 Å². The lowest BCUT2D eigenvalue weighted by molar-refractivity contribution is -0.125. The number of amides is 1. The molecule has 7 nitrogen and oxygen atoms in total. The maximum atomic E-state index is 12.4. The lowest BCUT2D eigenvalue weighted by atomic mass is 9.69. The summed E-state index contributed by atoms with van der Waals surface area (Å²) in [5, 5.41) is 2.99. The van der Waals surface area contributed by atoms with Crippen molar-refractivity contribution in [2.45, 2.75) is 58.9 Å². The number of ether oxygens (including phenoxy) is 4. The number of nitrogens with one attached hydrogen (secondary N) is 1. The fraction of sp³-hybridized carbons (Fsp3) is 0.652. The summed E-state index contributed by atoms with van der Waals surface area (Å²) in [5.41, 5.74) is 0.560. The molecule has 1 aromatic carbocycles. The monoisotopic (exact) mass is 421 g/mol. The minimum atomic E-state index is -0.627. The zero-order chi connectivity index (χ0) is 22.3. The molecule has 30 heavy (non-hydrogen) atoms. The van der Waals surface area contributed by atoms with Gasteiger partial charge in [-0.25, -0.2) is 4.79 Å². The van der Waals surface area contributed by atoms with Crippen LogP contribution in [0.25, 0.3) is 0 Å². The third-order valence-electron chi connectivity index (χ3n) is 6.34. The van der Waals surface area contributed by atoms with Crippen molar-refractivity contribution in [3.8, 4) is 17.2 Å². The molecule has 1 amide bonds. The van der Waals surface area contributed by atoms with Gasteiger partial charge in [-0.2, -0.15) is 0 Å². The predicted molar refractivity (Wildman–Crippen MR) is 114 cm³/mol. The van der Waals surface area contributed by atoms with Crippen molar-refractivity contribution in [3.05, 3.63) is 17.7 Å². The third kappa shape index (κ3) is 5.80. The SMILES string of the molecule is CCC(C)(C)C1CCC(NC(=O)COC(=O)c2cc(OC)c(OC)c(OC)c2)CC1. The Morgan fingerprint density at radius 1 is 1.00 bits per heavy atom. The standard InChI is InChI=1S/C23H35NO6/c1-7-23(2,3)16-8-10-17(11-9-16)24-20(25)14-30-22(26)15-12-18(27-4)21(29-6)19(13-15)28-5/h12-13,16-17H,7-11,14H2,1-6H3,(H,24,25). The molecule has 1 aliphatic carbocycles. The second kappa shape index (κ2) is 10.5. The van der Waals surface area contributed by atoms with Crippen LogP contribution >= 0.6 is 0 Å². The van der Waals surface area contributed by atoms with Gasteiger partial charge in [0, 0.05) is 6.04 Å². The van der Waals surface area contributed by atoms with Gasteiger partial charge in [0.25, 0.3) is 5.91 Å². The quantitative estimate of drug-likeness (QED) is 0.607. The van der Waals surface area contributed by atoms with Crippen LogP contribution in [0.1, 0.15) is 63.2 Å². The van der Waals surface area contributed by atoms with Crippen molar-refractivity contribution in [2.24, 2.45) is 11.3 Å². The van der Waals surface area contributed by atoms with Crippen LogP contribution in [0, 0.1) is 11.3 Å². The molecule has 1 aromatic rings. The normalized spacial score (nSPS) is 19.0. The highest BCUT2D eigenvalue weighted by atomic mass is 16.5. The Kier molecular flexibility index (Phi) is 8.38. The largest absolute Gasteiger partial charge is 0.493 e. The zero-order valence-electron chi connectivity index (χ0n) is 19.0. The Balaban J connectivity index is 1.88. The van der Waals surface area contributed by atoms with Gasteiger partial charge in [0.1, 0.15) is 0 Å². The number of carbonyl (C=O) groups excluding carboxylic acids is 2. The first-order valence-corrected chi connectivity index (χ1v) is 10.5. The molecule has 1 fully saturated rings. The molecular formula is C23H35NO6. The molecule has 0 bridgehead atoms. The van der Waals surface area contributed by atoms with Crippen LogP contribution in [-0.4, -0.2) is 45.9 Å². The van der Waals surface area contributed by atoms with Crippen LogP contribution in [0.15, 0.2) is 12.1 Å². The molecule has 1 N–H and O–H groups in total. The molecule has 1 saturated carbocycles. The highest BCUT2D eigenvalue weighted by molar-refractivity contribution is 5.92. The van der Waals surface area contributed by atoms with E-state index in [1.54, 1.807) is 0 Å². The Hall–Kier alpha value is -2.44. The van der Waals surface area contributed by atoms with E-state index in [0.717, 1.165) is 32.1 Å². The van der Waals surface area contributed by atoms with Gasteiger partial charge in [0.2, 0.25) is 5.75 Å². The molecule has 7 heteroatoms. The Bertz CT molecular complexity index is 712. The Morgan fingerprint density at radius 2 is 1.57 bits per heavy atom. The Morgan fingerprint density at radius 3 is 2.03 bits per heavy atom. The number of hydrogen-bond donors (Lipinski definition) is 1. The molecule has 0 spiro atoms. The van der Waals surface area contributed by atoms with Crippen molar-refractivity contribution in [3.63, 3.8) is 0 Å². The first-order chi connectivity index (χ1) is 14.2. The third-order valence-corrected chi connectivity index (χ3v) is 6.34. The average molecular weight is 422 g/mol. The summed E-state index contributed by atoms with van der Waals surface area (Å²) in [6, 6.07) is 3.14. The van der Waals surface area contributed by atoms with E-state index in [1.807, 2.05) is 0 Å². The van der Waals surface area contributed by atoms with Crippen LogP contribution in [0.2, 0.25) is 0 Å². The number of hydrogen-bond acceptors (Lipinski definition) is 6. The molecule has 0 aromatic heterocycles. The topological polar surface area (TPSA) is 83.1 Å². The summed E-state index contributed by atoms with van der Waals surface area (Å²) < 4.78 is 20.9. The number of rotatable bonds is 9. The van der Waals surface area contributed by atoms with Crippen molar-refractivity contribution in [1.82, 2.24) is 5.32 Å². The summed E-state index contributed by atoms with van der Waals surface area (Å²) in [5.74, 6) is 0.858. The molecule has 168 valence electrons. The summed E-state index contributed by atoms with van der Waals surface area (Å²) in [6.45, 7) is 6.55. The smallest absolute Gasteiger partial charge is 0.338 e. The highest BCUT2D eigenvalue weighted by Gasteiger charge is 2.32. The van der Waals surface area contributed by atoms with E-state index in [2.05, 4.69) is 26.1 Å². The van der Waals surface area contributed by atoms with E-state index in [-0.39, 0.29) is 24.1 Å². The van der Waals surface area contributed by atoms with Crippen LogP contribution in [0.4, 0.5) is 0 Å². The fourth-order valence-corrected chi connectivity index (χ4v) is 3.99. The van der Waals surface area contributed by atoms with Gasteiger partial charge < -0.3 is 24.3 Å². The van der Waals surface area contributed by atoms with Gasteiger partial charge in [0.05, 0.1) is 26.9 Å². The van der Waals surface area contributed by atoms with Crippen LogP contribution < -0.4 is 19.5 Å². The number of esters is 1. The predicted octanol–water partition coefficient (Wildman–Crippen LogP) is 3.98. The zero-order valence-corrected chi connectivity index (χ0v) is 19.0.